The summed E-state index contributed by atoms with van der Waals surface area (Å²) in [6.45, 7) is 4.17. The molecule has 5 rings (SSSR count). The van der Waals surface area contributed by atoms with Gasteiger partial charge in [-0.2, -0.15) is 5.10 Å². The molecule has 1 amide bonds. The molecule has 2 aromatic heterocycles. The van der Waals surface area contributed by atoms with Crippen molar-refractivity contribution in [1.29, 1.82) is 0 Å². The molecule has 0 aliphatic carbocycles. The fraction of sp³-hybridized carbons (Fsp3) is 0.121. The molecule has 0 aliphatic rings. The molecule has 0 aliphatic heterocycles. The summed E-state index contributed by atoms with van der Waals surface area (Å²) >= 11 is 0. The molecule has 5 aromatic rings. The van der Waals surface area contributed by atoms with E-state index in [4.69, 9.17) is 18.6 Å². The normalized spacial score (nSPS) is 10.9. The quantitative estimate of drug-likeness (QED) is 0.0616. The van der Waals surface area contributed by atoms with Crippen molar-refractivity contribution in [2.75, 3.05) is 7.11 Å². The zero-order chi connectivity index (χ0) is 31.9. The lowest BCUT2D eigenvalue weighted by Gasteiger charge is -2.10. The number of ether oxygens (including phenoxy) is 3. The van der Waals surface area contributed by atoms with Crippen LogP contribution in [-0.4, -0.2) is 34.7 Å². The van der Waals surface area contributed by atoms with Crippen molar-refractivity contribution in [3.8, 4) is 22.9 Å². The summed E-state index contributed by atoms with van der Waals surface area (Å²) in [6, 6.07) is 25.0. The molecule has 228 valence electrons. The molecule has 0 saturated carbocycles. The second-order valence-corrected chi connectivity index (χ2v) is 9.77. The van der Waals surface area contributed by atoms with Crippen molar-refractivity contribution in [3.63, 3.8) is 0 Å². The lowest BCUT2D eigenvalue weighted by molar-refractivity contribution is -0.385. The van der Waals surface area contributed by atoms with Gasteiger partial charge in [-0.3, -0.25) is 14.9 Å². The molecule has 0 bridgehead atoms. The number of furan rings is 1. The van der Waals surface area contributed by atoms with Crippen LogP contribution in [0.25, 0.3) is 5.69 Å². The van der Waals surface area contributed by atoms with Crippen LogP contribution in [0.15, 0.2) is 101 Å². The zero-order valence-corrected chi connectivity index (χ0v) is 24.6. The van der Waals surface area contributed by atoms with Gasteiger partial charge >= 0.3 is 17.6 Å². The van der Waals surface area contributed by atoms with Gasteiger partial charge < -0.3 is 23.2 Å². The van der Waals surface area contributed by atoms with E-state index in [0.717, 1.165) is 23.3 Å². The molecule has 0 fully saturated rings. The number of aromatic nitrogens is 1. The van der Waals surface area contributed by atoms with Gasteiger partial charge in [-0.1, -0.05) is 12.1 Å². The number of hydrogen-bond acceptors (Lipinski definition) is 9. The number of carbonyl (C=O) groups is 2. The number of methoxy groups -OCH3 is 1. The van der Waals surface area contributed by atoms with Crippen molar-refractivity contribution < 1.29 is 33.1 Å². The first-order valence-electron chi connectivity index (χ1n) is 13.7. The molecule has 0 spiro atoms. The number of hydrazone groups is 1. The van der Waals surface area contributed by atoms with Crippen LogP contribution < -0.4 is 19.6 Å². The van der Waals surface area contributed by atoms with Gasteiger partial charge in [0.25, 0.3) is 0 Å². The highest BCUT2D eigenvalue weighted by Gasteiger charge is 2.22. The Balaban J connectivity index is 1.21. The maximum Gasteiger partial charge on any atom is 0.343 e. The molecule has 3 aromatic carbocycles. The van der Waals surface area contributed by atoms with Crippen molar-refractivity contribution in [2.24, 2.45) is 5.10 Å². The van der Waals surface area contributed by atoms with Crippen LogP contribution in [-0.2, 0) is 6.61 Å². The molecular formula is C33H28N4O8. The van der Waals surface area contributed by atoms with E-state index in [9.17, 15) is 19.7 Å². The van der Waals surface area contributed by atoms with E-state index in [1.807, 2.05) is 38.1 Å². The van der Waals surface area contributed by atoms with Crippen molar-refractivity contribution >= 4 is 23.8 Å². The van der Waals surface area contributed by atoms with E-state index in [2.05, 4.69) is 27.2 Å². The number of aryl methyl sites for hydroxylation is 2. The number of benzene rings is 3. The first-order chi connectivity index (χ1) is 21.7. The Morgan fingerprint density at radius 2 is 1.69 bits per heavy atom. The average molecular weight is 609 g/mol. The molecule has 0 radical (unpaired) electrons. The van der Waals surface area contributed by atoms with Gasteiger partial charge in [-0.15, -0.1) is 0 Å². The van der Waals surface area contributed by atoms with Crippen LogP contribution in [0.2, 0.25) is 0 Å². The summed E-state index contributed by atoms with van der Waals surface area (Å²) in [5.41, 5.74) is 5.34. The van der Waals surface area contributed by atoms with Crippen LogP contribution in [0.1, 0.15) is 43.6 Å². The number of esters is 1. The Morgan fingerprint density at radius 1 is 0.956 bits per heavy atom. The molecule has 0 saturated heterocycles. The van der Waals surface area contributed by atoms with Crippen molar-refractivity contribution in [2.45, 2.75) is 20.5 Å². The molecule has 1 N–H and O–H groups in total. The minimum Gasteiger partial charge on any atom is -0.497 e. The number of amides is 1. The SMILES string of the molecule is COc1cccc(C(=O)Oc2c(/C=N/NC(=O)c3ccc(COc4ccc(-n5c(C)ccc5C)cc4)o3)cccc2[N+](=O)[O-])c1. The number of nitro benzene ring substituents is 1. The standard InChI is InChI=1S/C33H28N4O8/c1-21-10-11-22(2)36(21)25-12-14-26(15-13-25)43-20-28-16-17-30(44-28)32(38)35-34-19-24-7-5-9-29(37(40)41)31(24)45-33(39)23-6-4-8-27(18-23)42-3/h4-19H,20H2,1-3H3,(H,35,38)/b34-19+. The largest absolute Gasteiger partial charge is 0.497 e. The van der Waals surface area contributed by atoms with E-state index in [0.29, 0.717) is 17.3 Å². The highest BCUT2D eigenvalue weighted by molar-refractivity contribution is 5.96. The minimum absolute atomic E-state index is 0.0247. The maximum atomic E-state index is 12.8. The third-order valence-electron chi connectivity index (χ3n) is 6.72. The van der Waals surface area contributed by atoms with E-state index in [1.54, 1.807) is 18.2 Å². The Kier molecular flexibility index (Phi) is 9.04. The maximum absolute atomic E-state index is 12.8. The van der Waals surface area contributed by atoms with Gasteiger partial charge in [0.15, 0.2) is 5.76 Å². The fourth-order valence-electron chi connectivity index (χ4n) is 4.52. The van der Waals surface area contributed by atoms with Gasteiger partial charge in [0.2, 0.25) is 5.75 Å². The summed E-state index contributed by atoms with van der Waals surface area (Å²) in [4.78, 5) is 36.4. The molecule has 45 heavy (non-hydrogen) atoms. The predicted molar refractivity (Wildman–Crippen MR) is 164 cm³/mol. The fourth-order valence-corrected chi connectivity index (χ4v) is 4.52. The number of rotatable bonds is 11. The van der Waals surface area contributed by atoms with Gasteiger partial charge in [0.05, 0.1) is 23.8 Å². The van der Waals surface area contributed by atoms with Gasteiger partial charge in [-0.05, 0) is 86.6 Å². The van der Waals surface area contributed by atoms with Crippen LogP contribution in [0.4, 0.5) is 5.69 Å². The van der Waals surface area contributed by atoms with E-state index in [-0.39, 0.29) is 29.2 Å². The molecule has 0 atom stereocenters. The smallest absolute Gasteiger partial charge is 0.343 e. The van der Waals surface area contributed by atoms with Crippen molar-refractivity contribution in [1.82, 2.24) is 9.99 Å². The van der Waals surface area contributed by atoms with Crippen LogP contribution in [0.5, 0.6) is 17.2 Å². The number of carbonyl (C=O) groups excluding carboxylic acids is 2. The molecule has 12 heteroatoms. The van der Waals surface area contributed by atoms with E-state index in [1.165, 1.54) is 43.5 Å². The Bertz CT molecular complexity index is 1870. The average Bonchev–Trinajstić information content (AvgIpc) is 3.66. The lowest BCUT2D eigenvalue weighted by atomic mass is 10.1. The third kappa shape index (κ3) is 7.08. The van der Waals surface area contributed by atoms with Crippen LogP contribution in [0, 0.1) is 24.0 Å². The van der Waals surface area contributed by atoms with E-state index >= 15 is 0 Å². The van der Waals surface area contributed by atoms with Gasteiger partial charge in [0.1, 0.15) is 23.9 Å². The summed E-state index contributed by atoms with van der Waals surface area (Å²) in [5, 5.41) is 15.5. The number of hydrogen-bond donors (Lipinski definition) is 1. The number of nitrogens with one attached hydrogen (secondary N) is 1. The summed E-state index contributed by atoms with van der Waals surface area (Å²) in [6.07, 6.45) is 1.13. The first-order valence-corrected chi connectivity index (χ1v) is 13.7. The Hall–Kier alpha value is -6.17. The molecule has 12 nitrogen and oxygen atoms in total. The highest BCUT2D eigenvalue weighted by Crippen LogP contribution is 2.31. The summed E-state index contributed by atoms with van der Waals surface area (Å²) in [7, 11) is 1.44. The molecular weight excluding hydrogens is 580 g/mol. The highest BCUT2D eigenvalue weighted by atomic mass is 16.6. The summed E-state index contributed by atoms with van der Waals surface area (Å²) < 4.78 is 24.1. The van der Waals surface area contributed by atoms with Crippen LogP contribution in [0.3, 0.4) is 0 Å². The number of para-hydroxylation sites is 1. The molecule has 2 heterocycles. The Labute approximate surface area is 257 Å². The van der Waals surface area contributed by atoms with E-state index < -0.39 is 22.5 Å². The van der Waals surface area contributed by atoms with Crippen molar-refractivity contribution in [3.05, 3.63) is 135 Å². The van der Waals surface area contributed by atoms with Crippen LogP contribution >= 0.6 is 0 Å². The monoisotopic (exact) mass is 608 g/mol. The third-order valence-corrected chi connectivity index (χ3v) is 6.72. The topological polar surface area (TPSA) is 147 Å². The van der Waals surface area contributed by atoms with Gasteiger partial charge in [0, 0.05) is 28.7 Å². The summed E-state index contributed by atoms with van der Waals surface area (Å²) in [5.74, 6) is -0.407. The number of nitrogens with zero attached hydrogens (tertiary/aromatic N) is 3. The second-order valence-electron chi connectivity index (χ2n) is 9.77. The second kappa shape index (κ2) is 13.4. The lowest BCUT2D eigenvalue weighted by Crippen LogP contribution is -2.17. The first kappa shape index (κ1) is 30.3. The minimum atomic E-state index is -0.839. The molecule has 0 unspecified atom stereocenters. The number of nitro groups is 1. The van der Waals surface area contributed by atoms with Gasteiger partial charge in [-0.25, -0.2) is 10.2 Å². The predicted octanol–water partition coefficient (Wildman–Crippen LogP) is 6.17. The zero-order valence-electron chi connectivity index (χ0n) is 24.6. The Morgan fingerprint density at radius 3 is 2.40 bits per heavy atom.